The first-order chi connectivity index (χ1) is 15.9. The number of hydrogen-bond donors (Lipinski definition) is 2. The second-order valence-electron chi connectivity index (χ2n) is 8.40. The summed E-state index contributed by atoms with van der Waals surface area (Å²) in [5.41, 5.74) is 4.71. The molecule has 1 saturated heterocycles. The van der Waals surface area contributed by atoms with Crippen LogP contribution in [0.5, 0.6) is 0 Å². The van der Waals surface area contributed by atoms with Gasteiger partial charge in [0.15, 0.2) is 0 Å². The first-order valence-corrected chi connectivity index (χ1v) is 11.0. The minimum atomic E-state index is -0.488. The fraction of sp³-hybridized carbons (Fsp3) is 0.222. The van der Waals surface area contributed by atoms with Crippen LogP contribution in [0, 0.1) is 19.8 Å². The molecule has 168 valence electrons. The summed E-state index contributed by atoms with van der Waals surface area (Å²) in [6, 6.07) is 22.5. The Bertz CT molecular complexity index is 1190. The highest BCUT2D eigenvalue weighted by Crippen LogP contribution is 2.29. The van der Waals surface area contributed by atoms with E-state index in [1.54, 1.807) is 29.2 Å². The summed E-state index contributed by atoms with van der Waals surface area (Å²) < 4.78 is 0. The Hall–Kier alpha value is -3.93. The van der Waals surface area contributed by atoms with Gasteiger partial charge in [0.1, 0.15) is 0 Å². The van der Waals surface area contributed by atoms with Gasteiger partial charge in [-0.15, -0.1) is 0 Å². The predicted octanol–water partition coefficient (Wildman–Crippen LogP) is 4.23. The third-order valence-corrected chi connectivity index (χ3v) is 5.88. The number of anilines is 2. The Labute approximate surface area is 193 Å². The molecule has 2 N–H and O–H groups in total. The van der Waals surface area contributed by atoms with E-state index in [2.05, 4.69) is 10.6 Å². The second kappa shape index (κ2) is 9.69. The number of para-hydroxylation sites is 1. The van der Waals surface area contributed by atoms with Gasteiger partial charge < -0.3 is 15.5 Å². The molecule has 4 rings (SSSR count). The lowest BCUT2D eigenvalue weighted by molar-refractivity contribution is -0.122. The van der Waals surface area contributed by atoms with Gasteiger partial charge in [0.05, 0.1) is 17.2 Å². The number of hydrogen-bond acceptors (Lipinski definition) is 3. The third kappa shape index (κ3) is 5.12. The van der Waals surface area contributed by atoms with Gasteiger partial charge in [0, 0.05) is 25.2 Å². The van der Waals surface area contributed by atoms with Crippen LogP contribution in [0.15, 0.2) is 72.8 Å². The van der Waals surface area contributed by atoms with E-state index in [1.165, 1.54) is 0 Å². The Morgan fingerprint density at radius 3 is 2.48 bits per heavy atom. The average molecular weight is 442 g/mol. The highest BCUT2D eigenvalue weighted by atomic mass is 16.2. The first-order valence-electron chi connectivity index (χ1n) is 11.0. The molecular formula is C27H27N3O3. The molecule has 1 aliphatic heterocycles. The second-order valence-corrected chi connectivity index (χ2v) is 8.40. The van der Waals surface area contributed by atoms with E-state index >= 15 is 0 Å². The lowest BCUT2D eigenvalue weighted by Gasteiger charge is -2.20. The van der Waals surface area contributed by atoms with Crippen molar-refractivity contribution in [3.63, 3.8) is 0 Å². The average Bonchev–Trinajstić information content (AvgIpc) is 3.21. The van der Waals surface area contributed by atoms with E-state index in [9.17, 15) is 14.4 Å². The van der Waals surface area contributed by atoms with Crippen LogP contribution in [0.3, 0.4) is 0 Å². The maximum Gasteiger partial charge on any atom is 0.253 e. The lowest BCUT2D eigenvalue weighted by atomic mass is 10.1. The first kappa shape index (κ1) is 22.3. The summed E-state index contributed by atoms with van der Waals surface area (Å²) in [5.74, 6) is -1.09. The van der Waals surface area contributed by atoms with Crippen molar-refractivity contribution in [2.45, 2.75) is 26.8 Å². The van der Waals surface area contributed by atoms with Crippen LogP contribution in [0.4, 0.5) is 11.4 Å². The molecule has 3 amide bonds. The van der Waals surface area contributed by atoms with Crippen LogP contribution in [0.1, 0.15) is 33.5 Å². The van der Waals surface area contributed by atoms with Crippen molar-refractivity contribution in [1.29, 1.82) is 0 Å². The van der Waals surface area contributed by atoms with Crippen molar-refractivity contribution < 1.29 is 14.4 Å². The van der Waals surface area contributed by atoms with Crippen molar-refractivity contribution >= 4 is 29.1 Å². The molecule has 33 heavy (non-hydrogen) atoms. The molecule has 0 spiro atoms. The van der Waals surface area contributed by atoms with Crippen molar-refractivity contribution in [2.24, 2.45) is 5.92 Å². The van der Waals surface area contributed by atoms with Gasteiger partial charge in [0.25, 0.3) is 5.91 Å². The number of amides is 3. The fourth-order valence-corrected chi connectivity index (χ4v) is 4.02. The molecule has 0 saturated carbocycles. The van der Waals surface area contributed by atoms with E-state index < -0.39 is 5.92 Å². The van der Waals surface area contributed by atoms with Gasteiger partial charge in [-0.2, -0.15) is 0 Å². The highest BCUT2D eigenvalue weighted by Gasteiger charge is 2.36. The SMILES string of the molecule is Cc1ccc(C)c(N2CC(C(=O)Nc3ccccc3C(=O)NCc3ccccc3)CC2=O)c1. The molecule has 0 radical (unpaired) electrons. The maximum atomic E-state index is 13.0. The summed E-state index contributed by atoms with van der Waals surface area (Å²) in [6.45, 7) is 4.65. The predicted molar refractivity (Wildman–Crippen MR) is 129 cm³/mol. The zero-order valence-corrected chi connectivity index (χ0v) is 18.8. The van der Waals surface area contributed by atoms with E-state index in [0.29, 0.717) is 24.3 Å². The number of nitrogens with zero attached hydrogens (tertiary/aromatic N) is 1. The largest absolute Gasteiger partial charge is 0.348 e. The molecule has 6 nitrogen and oxygen atoms in total. The standard InChI is InChI=1S/C27H27N3O3/c1-18-12-13-19(2)24(14-18)30-17-21(15-25(30)31)26(32)29-23-11-7-6-10-22(23)27(33)28-16-20-8-4-3-5-9-20/h3-14,21H,15-17H2,1-2H3,(H,28,33)(H,29,32). The summed E-state index contributed by atoms with van der Waals surface area (Å²) in [5, 5.41) is 5.76. The van der Waals surface area contributed by atoms with Crippen molar-refractivity contribution in [3.8, 4) is 0 Å². The molecular weight excluding hydrogens is 414 g/mol. The number of carbonyl (C=O) groups is 3. The van der Waals surface area contributed by atoms with Crippen LogP contribution in [-0.4, -0.2) is 24.3 Å². The number of rotatable bonds is 6. The fourth-order valence-electron chi connectivity index (χ4n) is 4.02. The third-order valence-electron chi connectivity index (χ3n) is 5.88. The molecule has 1 heterocycles. The highest BCUT2D eigenvalue weighted by molar-refractivity contribution is 6.07. The van der Waals surface area contributed by atoms with Crippen LogP contribution in [0.25, 0.3) is 0 Å². The van der Waals surface area contributed by atoms with Crippen LogP contribution >= 0.6 is 0 Å². The van der Waals surface area contributed by atoms with Gasteiger partial charge in [-0.25, -0.2) is 0 Å². The number of carbonyl (C=O) groups excluding carboxylic acids is 3. The normalized spacial score (nSPS) is 15.4. The summed E-state index contributed by atoms with van der Waals surface area (Å²) in [6.07, 6.45) is 0.140. The van der Waals surface area contributed by atoms with E-state index in [4.69, 9.17) is 0 Å². The lowest BCUT2D eigenvalue weighted by Crippen LogP contribution is -2.29. The number of benzene rings is 3. The smallest absolute Gasteiger partial charge is 0.253 e. The molecule has 0 aliphatic carbocycles. The molecule has 0 aromatic heterocycles. The molecule has 6 heteroatoms. The van der Waals surface area contributed by atoms with Crippen LogP contribution < -0.4 is 15.5 Å². The van der Waals surface area contributed by atoms with Crippen molar-refractivity contribution in [2.75, 3.05) is 16.8 Å². The van der Waals surface area contributed by atoms with Crippen LogP contribution in [0.2, 0.25) is 0 Å². The Kier molecular flexibility index (Phi) is 6.54. The van der Waals surface area contributed by atoms with Gasteiger partial charge in [-0.1, -0.05) is 54.6 Å². The van der Waals surface area contributed by atoms with E-state index in [0.717, 1.165) is 22.4 Å². The Morgan fingerprint density at radius 1 is 0.970 bits per heavy atom. The quantitative estimate of drug-likeness (QED) is 0.601. The molecule has 1 atom stereocenters. The molecule has 3 aromatic rings. The van der Waals surface area contributed by atoms with Crippen molar-refractivity contribution in [3.05, 3.63) is 95.1 Å². The maximum absolute atomic E-state index is 13.0. The summed E-state index contributed by atoms with van der Waals surface area (Å²) in [7, 11) is 0. The van der Waals surface area contributed by atoms with E-state index in [-0.39, 0.29) is 24.1 Å². The molecule has 1 aliphatic rings. The minimum Gasteiger partial charge on any atom is -0.348 e. The van der Waals surface area contributed by atoms with Gasteiger partial charge in [-0.05, 0) is 48.7 Å². The minimum absolute atomic E-state index is 0.0715. The summed E-state index contributed by atoms with van der Waals surface area (Å²) >= 11 is 0. The number of aryl methyl sites for hydroxylation is 2. The molecule has 1 unspecified atom stereocenters. The monoisotopic (exact) mass is 441 g/mol. The molecule has 3 aromatic carbocycles. The topological polar surface area (TPSA) is 78.5 Å². The van der Waals surface area contributed by atoms with Gasteiger partial charge in [0.2, 0.25) is 11.8 Å². The van der Waals surface area contributed by atoms with Crippen LogP contribution in [-0.2, 0) is 16.1 Å². The Balaban J connectivity index is 1.44. The Morgan fingerprint density at radius 2 is 1.70 bits per heavy atom. The van der Waals surface area contributed by atoms with Crippen molar-refractivity contribution in [1.82, 2.24) is 5.32 Å². The van der Waals surface area contributed by atoms with Gasteiger partial charge in [-0.3, -0.25) is 14.4 Å². The zero-order chi connectivity index (χ0) is 23.4. The van der Waals surface area contributed by atoms with E-state index in [1.807, 2.05) is 62.4 Å². The zero-order valence-electron chi connectivity index (χ0n) is 18.8. The molecule has 0 bridgehead atoms. The number of nitrogens with one attached hydrogen (secondary N) is 2. The molecule has 1 fully saturated rings. The summed E-state index contributed by atoms with van der Waals surface area (Å²) in [4.78, 5) is 40.2. The van der Waals surface area contributed by atoms with Gasteiger partial charge >= 0.3 is 0 Å².